The van der Waals surface area contributed by atoms with Gasteiger partial charge >= 0.3 is 11.8 Å². The van der Waals surface area contributed by atoms with Crippen molar-refractivity contribution < 1.29 is 9.59 Å². The van der Waals surface area contributed by atoms with E-state index in [9.17, 15) is 9.59 Å². The molecule has 0 unspecified atom stereocenters. The Kier molecular flexibility index (Phi) is 5.44. The molecule has 0 saturated carbocycles. The van der Waals surface area contributed by atoms with Crippen molar-refractivity contribution >= 4 is 23.3 Å². The van der Waals surface area contributed by atoms with Gasteiger partial charge in [-0.25, -0.2) is 4.98 Å². The topological polar surface area (TPSA) is 88.3 Å². The Morgan fingerprint density at radius 3 is 2.59 bits per heavy atom. The first-order valence-electron chi connectivity index (χ1n) is 9.25. The first kappa shape index (κ1) is 18.9. The fraction of sp³-hybridized carbons (Fsp3) is 0.381. The number of hydrogen-bond donors (Lipinski definition) is 2. The standard InChI is InChI=1S/C21H26N4O2/c1-13-9-14(2)18(16-7-5-4-6-8-16)25(12-13)21(27)20(26)24-17-10-15(3)19(22)23-11-17/h4-8,10-11,13-14,18H,9,12H2,1-3H3,(H2,22,23)(H,24,26)/t13-,14+,18+/m1/s1. The number of rotatable bonds is 2. The highest BCUT2D eigenvalue weighted by Gasteiger charge is 2.38. The van der Waals surface area contributed by atoms with Crippen molar-refractivity contribution in [2.45, 2.75) is 33.2 Å². The molecule has 3 atom stereocenters. The largest absolute Gasteiger partial charge is 0.383 e. The number of benzene rings is 1. The van der Waals surface area contributed by atoms with Crippen LogP contribution >= 0.6 is 0 Å². The summed E-state index contributed by atoms with van der Waals surface area (Å²) in [5, 5.41) is 2.66. The number of aromatic nitrogens is 1. The van der Waals surface area contributed by atoms with Crippen LogP contribution in [0.4, 0.5) is 11.5 Å². The third kappa shape index (κ3) is 4.10. The van der Waals surface area contributed by atoms with Crippen LogP contribution in [0.3, 0.4) is 0 Å². The molecule has 3 rings (SSSR count). The van der Waals surface area contributed by atoms with E-state index < -0.39 is 11.8 Å². The SMILES string of the molecule is Cc1cc(NC(=O)C(=O)N2C[C@H](C)C[C@H](C)[C@H]2c2ccccc2)cnc1N. The van der Waals surface area contributed by atoms with E-state index >= 15 is 0 Å². The average Bonchev–Trinajstić information content (AvgIpc) is 2.64. The lowest BCUT2D eigenvalue weighted by atomic mass is 9.81. The van der Waals surface area contributed by atoms with Crippen molar-refractivity contribution in [1.29, 1.82) is 0 Å². The molecule has 1 aliphatic heterocycles. The molecule has 1 aromatic carbocycles. The highest BCUT2D eigenvalue weighted by atomic mass is 16.2. The second-order valence-electron chi connectivity index (χ2n) is 7.51. The number of anilines is 2. The molecular weight excluding hydrogens is 340 g/mol. The monoisotopic (exact) mass is 366 g/mol. The number of nitrogens with one attached hydrogen (secondary N) is 1. The number of carbonyl (C=O) groups excluding carboxylic acids is 2. The Labute approximate surface area is 159 Å². The van der Waals surface area contributed by atoms with Gasteiger partial charge in [-0.15, -0.1) is 0 Å². The van der Waals surface area contributed by atoms with E-state index in [1.165, 1.54) is 6.20 Å². The lowest BCUT2D eigenvalue weighted by Gasteiger charge is -2.42. The molecule has 0 radical (unpaired) electrons. The van der Waals surface area contributed by atoms with Gasteiger partial charge in [0, 0.05) is 6.54 Å². The van der Waals surface area contributed by atoms with Crippen molar-refractivity contribution in [3.63, 3.8) is 0 Å². The second-order valence-corrected chi connectivity index (χ2v) is 7.51. The summed E-state index contributed by atoms with van der Waals surface area (Å²) in [6.45, 7) is 6.62. The molecule has 2 amide bonds. The van der Waals surface area contributed by atoms with Crippen molar-refractivity contribution in [1.82, 2.24) is 9.88 Å². The zero-order valence-electron chi connectivity index (χ0n) is 16.0. The maximum absolute atomic E-state index is 13.0. The van der Waals surface area contributed by atoms with E-state index in [0.717, 1.165) is 17.5 Å². The number of piperidine rings is 1. The van der Waals surface area contributed by atoms with Gasteiger partial charge in [-0.2, -0.15) is 0 Å². The Bertz CT molecular complexity index is 837. The Morgan fingerprint density at radius 1 is 1.22 bits per heavy atom. The van der Waals surface area contributed by atoms with Gasteiger partial charge in [0.15, 0.2) is 0 Å². The number of nitrogens with zero attached hydrogens (tertiary/aromatic N) is 2. The molecule has 0 spiro atoms. The quantitative estimate of drug-likeness (QED) is 0.799. The van der Waals surface area contributed by atoms with Crippen LogP contribution in [0.5, 0.6) is 0 Å². The number of pyridine rings is 1. The predicted molar refractivity (Wildman–Crippen MR) is 106 cm³/mol. The molecule has 1 aromatic heterocycles. The van der Waals surface area contributed by atoms with Crippen molar-refractivity contribution in [2.75, 3.05) is 17.6 Å². The molecule has 3 N–H and O–H groups in total. The maximum atomic E-state index is 13.0. The van der Waals surface area contributed by atoms with Crippen LogP contribution in [0.25, 0.3) is 0 Å². The molecular formula is C21H26N4O2. The zero-order valence-corrected chi connectivity index (χ0v) is 16.0. The molecule has 1 fully saturated rings. The van der Waals surface area contributed by atoms with Crippen LogP contribution < -0.4 is 11.1 Å². The lowest BCUT2D eigenvalue weighted by molar-refractivity contribution is -0.147. The smallest absolute Gasteiger partial charge is 0.313 e. The van der Waals surface area contributed by atoms with Crippen LogP contribution in [0.1, 0.15) is 37.4 Å². The van der Waals surface area contributed by atoms with Gasteiger partial charge < -0.3 is 16.0 Å². The fourth-order valence-corrected chi connectivity index (χ4v) is 3.93. The molecule has 0 bridgehead atoms. The van der Waals surface area contributed by atoms with Crippen molar-refractivity contribution in [3.8, 4) is 0 Å². The van der Waals surface area contributed by atoms with Crippen LogP contribution in [0.15, 0.2) is 42.6 Å². The number of nitrogen functional groups attached to an aromatic ring is 1. The van der Waals surface area contributed by atoms with Gasteiger partial charge in [0.2, 0.25) is 0 Å². The number of nitrogens with two attached hydrogens (primary N) is 1. The normalized spacial score (nSPS) is 22.3. The minimum Gasteiger partial charge on any atom is -0.383 e. The average molecular weight is 366 g/mol. The van der Waals surface area contributed by atoms with E-state index in [1.807, 2.05) is 30.3 Å². The van der Waals surface area contributed by atoms with E-state index in [-0.39, 0.29) is 12.0 Å². The van der Waals surface area contributed by atoms with E-state index in [4.69, 9.17) is 5.73 Å². The summed E-state index contributed by atoms with van der Waals surface area (Å²) >= 11 is 0. The maximum Gasteiger partial charge on any atom is 0.313 e. The number of aryl methyl sites for hydroxylation is 1. The molecule has 6 heteroatoms. The highest BCUT2D eigenvalue weighted by molar-refractivity contribution is 6.39. The number of amides is 2. The highest BCUT2D eigenvalue weighted by Crippen LogP contribution is 2.38. The van der Waals surface area contributed by atoms with Crippen LogP contribution in [-0.4, -0.2) is 28.2 Å². The van der Waals surface area contributed by atoms with Crippen LogP contribution in [0.2, 0.25) is 0 Å². The van der Waals surface area contributed by atoms with Gasteiger partial charge in [-0.3, -0.25) is 9.59 Å². The third-order valence-corrected chi connectivity index (χ3v) is 5.13. The van der Waals surface area contributed by atoms with Crippen LogP contribution in [0, 0.1) is 18.8 Å². The van der Waals surface area contributed by atoms with Crippen molar-refractivity contribution in [2.24, 2.45) is 11.8 Å². The van der Waals surface area contributed by atoms with E-state index in [2.05, 4.69) is 24.1 Å². The minimum atomic E-state index is -0.650. The van der Waals surface area contributed by atoms with Crippen molar-refractivity contribution in [3.05, 3.63) is 53.7 Å². The predicted octanol–water partition coefficient (Wildman–Crippen LogP) is 3.16. The van der Waals surface area contributed by atoms with Gasteiger partial charge in [0.1, 0.15) is 5.82 Å². The van der Waals surface area contributed by atoms with Gasteiger partial charge in [0.05, 0.1) is 17.9 Å². The minimum absolute atomic E-state index is 0.105. The Hall–Kier alpha value is -2.89. The summed E-state index contributed by atoms with van der Waals surface area (Å²) in [5.74, 6) is -0.146. The molecule has 6 nitrogen and oxygen atoms in total. The lowest BCUT2D eigenvalue weighted by Crippen LogP contribution is -2.49. The summed E-state index contributed by atoms with van der Waals surface area (Å²) in [4.78, 5) is 31.4. The number of likely N-dealkylation sites (tertiary alicyclic amines) is 1. The Morgan fingerprint density at radius 2 is 1.93 bits per heavy atom. The Balaban J connectivity index is 1.83. The number of hydrogen-bond acceptors (Lipinski definition) is 4. The van der Waals surface area contributed by atoms with Gasteiger partial charge in [-0.1, -0.05) is 44.2 Å². The summed E-state index contributed by atoms with van der Waals surface area (Å²) in [7, 11) is 0. The summed E-state index contributed by atoms with van der Waals surface area (Å²) in [5.41, 5.74) is 7.99. The molecule has 142 valence electrons. The van der Waals surface area contributed by atoms with Gasteiger partial charge in [-0.05, 0) is 42.4 Å². The van der Waals surface area contributed by atoms with E-state index in [0.29, 0.717) is 24.0 Å². The first-order valence-corrected chi connectivity index (χ1v) is 9.25. The summed E-state index contributed by atoms with van der Waals surface area (Å²) in [6.07, 6.45) is 2.48. The molecule has 1 aliphatic rings. The first-order chi connectivity index (χ1) is 12.9. The summed E-state index contributed by atoms with van der Waals surface area (Å²) < 4.78 is 0. The third-order valence-electron chi connectivity index (χ3n) is 5.13. The van der Waals surface area contributed by atoms with Crippen LogP contribution in [-0.2, 0) is 9.59 Å². The molecule has 1 saturated heterocycles. The fourth-order valence-electron chi connectivity index (χ4n) is 3.93. The van der Waals surface area contributed by atoms with E-state index in [1.54, 1.807) is 17.9 Å². The second kappa shape index (κ2) is 7.78. The molecule has 0 aliphatic carbocycles. The van der Waals surface area contributed by atoms with Gasteiger partial charge in [0.25, 0.3) is 0 Å². The molecule has 2 heterocycles. The zero-order chi connectivity index (χ0) is 19.6. The summed E-state index contributed by atoms with van der Waals surface area (Å²) in [6, 6.07) is 11.5. The molecule has 2 aromatic rings. The molecule has 27 heavy (non-hydrogen) atoms. The number of carbonyl (C=O) groups is 2.